The smallest absolute Gasteiger partial charge is 0.320 e. The summed E-state index contributed by atoms with van der Waals surface area (Å²) in [6.07, 6.45) is 1.42. The van der Waals surface area contributed by atoms with Gasteiger partial charge < -0.3 is 20.5 Å². The summed E-state index contributed by atoms with van der Waals surface area (Å²) in [6.45, 7) is 0.667. The van der Waals surface area contributed by atoms with Gasteiger partial charge in [-0.25, -0.2) is 8.42 Å². The molecule has 1 saturated heterocycles. The van der Waals surface area contributed by atoms with Gasteiger partial charge >= 0.3 is 5.97 Å². The van der Waals surface area contributed by atoms with Crippen molar-refractivity contribution in [1.29, 1.82) is 0 Å². The standard InChI is InChI=1S/C16H23N3O6S/c1-24-14(20)10-18-26(22,23)13-4-2-3-12(9-13)19-16(21)15(17)11-5-7-25-8-6-11/h2-4,9,11,15,18H,5-8,10,17H2,1H3,(H,19,21). The van der Waals surface area contributed by atoms with Crippen molar-refractivity contribution in [2.75, 3.05) is 32.2 Å². The molecule has 1 aromatic rings. The minimum Gasteiger partial charge on any atom is -0.468 e. The molecule has 26 heavy (non-hydrogen) atoms. The molecule has 4 N–H and O–H groups in total. The maximum absolute atomic E-state index is 12.3. The molecule has 1 aromatic carbocycles. The van der Waals surface area contributed by atoms with E-state index in [-0.39, 0.29) is 16.7 Å². The van der Waals surface area contributed by atoms with Gasteiger partial charge in [-0.1, -0.05) is 6.07 Å². The van der Waals surface area contributed by atoms with Crippen LogP contribution in [0.5, 0.6) is 0 Å². The molecular formula is C16H23N3O6S. The van der Waals surface area contributed by atoms with Crippen molar-refractivity contribution in [2.24, 2.45) is 11.7 Å². The first-order valence-electron chi connectivity index (χ1n) is 8.14. The van der Waals surface area contributed by atoms with Crippen LogP contribution < -0.4 is 15.8 Å². The molecule has 144 valence electrons. The normalized spacial score (nSPS) is 16.7. The summed E-state index contributed by atoms with van der Waals surface area (Å²) in [5.41, 5.74) is 6.31. The molecule has 1 atom stereocenters. The monoisotopic (exact) mass is 385 g/mol. The van der Waals surface area contributed by atoms with E-state index in [9.17, 15) is 18.0 Å². The lowest BCUT2D eigenvalue weighted by molar-refractivity contribution is -0.139. The Labute approximate surface area is 152 Å². The van der Waals surface area contributed by atoms with Crippen molar-refractivity contribution >= 4 is 27.6 Å². The Morgan fingerprint density at radius 2 is 2.04 bits per heavy atom. The Kier molecular flexibility index (Phi) is 7.09. The second-order valence-electron chi connectivity index (χ2n) is 5.89. The summed E-state index contributed by atoms with van der Waals surface area (Å²) in [6, 6.07) is 5.01. The maximum atomic E-state index is 12.3. The number of carbonyl (C=O) groups is 2. The van der Waals surface area contributed by atoms with Gasteiger partial charge in [-0.05, 0) is 37.0 Å². The number of nitrogens with one attached hydrogen (secondary N) is 2. The van der Waals surface area contributed by atoms with Gasteiger partial charge in [0.2, 0.25) is 15.9 Å². The van der Waals surface area contributed by atoms with Crippen molar-refractivity contribution in [2.45, 2.75) is 23.8 Å². The molecule has 0 aromatic heterocycles. The van der Waals surface area contributed by atoms with E-state index in [4.69, 9.17) is 10.5 Å². The van der Waals surface area contributed by atoms with E-state index >= 15 is 0 Å². The van der Waals surface area contributed by atoms with Crippen molar-refractivity contribution in [3.8, 4) is 0 Å². The molecule has 0 saturated carbocycles. The first kappa shape index (κ1) is 20.3. The van der Waals surface area contributed by atoms with Gasteiger partial charge in [0.25, 0.3) is 0 Å². The van der Waals surface area contributed by atoms with Gasteiger partial charge in [-0.3, -0.25) is 9.59 Å². The van der Waals surface area contributed by atoms with Crippen molar-refractivity contribution in [3.05, 3.63) is 24.3 Å². The predicted octanol–water partition coefficient (Wildman–Crippen LogP) is -0.170. The van der Waals surface area contributed by atoms with Crippen LogP contribution in [0.3, 0.4) is 0 Å². The van der Waals surface area contributed by atoms with E-state index < -0.39 is 28.6 Å². The Morgan fingerprint density at radius 3 is 2.69 bits per heavy atom. The topological polar surface area (TPSA) is 137 Å². The van der Waals surface area contributed by atoms with Gasteiger partial charge in [-0.15, -0.1) is 0 Å². The van der Waals surface area contributed by atoms with Crippen LogP contribution in [0, 0.1) is 5.92 Å². The summed E-state index contributed by atoms with van der Waals surface area (Å²) in [5.74, 6) is -1.06. The van der Waals surface area contributed by atoms with E-state index in [1.807, 2.05) is 0 Å². The van der Waals surface area contributed by atoms with Crippen LogP contribution >= 0.6 is 0 Å². The Hall–Kier alpha value is -2.01. The van der Waals surface area contributed by atoms with Crippen LogP contribution in [0.2, 0.25) is 0 Å². The van der Waals surface area contributed by atoms with Crippen LogP contribution in [0.1, 0.15) is 12.8 Å². The van der Waals surface area contributed by atoms with E-state index in [1.54, 1.807) is 6.07 Å². The fourth-order valence-corrected chi connectivity index (χ4v) is 3.58. The average Bonchev–Trinajstić information content (AvgIpc) is 2.66. The molecule has 10 heteroatoms. The zero-order chi connectivity index (χ0) is 19.2. The number of carbonyl (C=O) groups excluding carboxylic acids is 2. The molecule has 9 nitrogen and oxygen atoms in total. The van der Waals surface area contributed by atoms with Crippen LogP contribution in [0.25, 0.3) is 0 Å². The number of rotatable bonds is 7. The lowest BCUT2D eigenvalue weighted by Crippen LogP contribution is -2.44. The number of hydrogen-bond acceptors (Lipinski definition) is 7. The zero-order valence-electron chi connectivity index (χ0n) is 14.4. The third kappa shape index (κ3) is 5.49. The molecule has 2 rings (SSSR count). The van der Waals surface area contributed by atoms with E-state index in [1.165, 1.54) is 18.2 Å². The lowest BCUT2D eigenvalue weighted by Gasteiger charge is -2.26. The van der Waals surface area contributed by atoms with Crippen LogP contribution in [0.4, 0.5) is 5.69 Å². The second-order valence-corrected chi connectivity index (χ2v) is 7.66. The number of ether oxygens (including phenoxy) is 2. The molecule has 0 radical (unpaired) electrons. The fourth-order valence-electron chi connectivity index (χ4n) is 2.57. The third-order valence-corrected chi connectivity index (χ3v) is 5.52. The van der Waals surface area contributed by atoms with E-state index in [0.29, 0.717) is 31.7 Å². The van der Waals surface area contributed by atoms with Gasteiger partial charge in [0.05, 0.1) is 18.0 Å². The number of nitrogens with two attached hydrogens (primary N) is 1. The summed E-state index contributed by atoms with van der Waals surface area (Å²) in [5, 5.41) is 2.64. The highest BCUT2D eigenvalue weighted by atomic mass is 32.2. The molecule has 0 aliphatic carbocycles. The summed E-state index contributed by atoms with van der Waals surface area (Å²) >= 11 is 0. The molecule has 1 fully saturated rings. The van der Waals surface area contributed by atoms with Crippen molar-refractivity contribution in [1.82, 2.24) is 4.72 Å². The molecule has 1 amide bonds. The zero-order valence-corrected chi connectivity index (χ0v) is 15.3. The molecule has 0 spiro atoms. The largest absolute Gasteiger partial charge is 0.468 e. The molecule has 1 aliphatic heterocycles. The van der Waals surface area contributed by atoms with Crippen LogP contribution in [-0.4, -0.2) is 53.2 Å². The second kappa shape index (κ2) is 9.08. The maximum Gasteiger partial charge on any atom is 0.320 e. The number of esters is 1. The number of anilines is 1. The molecule has 1 heterocycles. The number of sulfonamides is 1. The molecule has 1 unspecified atom stereocenters. The van der Waals surface area contributed by atoms with Gasteiger partial charge in [0, 0.05) is 18.9 Å². The highest BCUT2D eigenvalue weighted by molar-refractivity contribution is 7.89. The predicted molar refractivity (Wildman–Crippen MR) is 93.8 cm³/mol. The Bertz CT molecular complexity index is 746. The Morgan fingerprint density at radius 1 is 1.35 bits per heavy atom. The lowest BCUT2D eigenvalue weighted by atomic mass is 9.92. The quantitative estimate of drug-likeness (QED) is 0.554. The summed E-state index contributed by atoms with van der Waals surface area (Å²) in [4.78, 5) is 23.3. The third-order valence-electron chi connectivity index (χ3n) is 4.12. The minimum absolute atomic E-state index is 0.0254. The van der Waals surface area contributed by atoms with Crippen LogP contribution in [0.15, 0.2) is 29.2 Å². The van der Waals surface area contributed by atoms with Gasteiger partial charge in [0.15, 0.2) is 0 Å². The highest BCUT2D eigenvalue weighted by Gasteiger charge is 2.27. The fraction of sp³-hybridized carbons (Fsp3) is 0.500. The van der Waals surface area contributed by atoms with Crippen molar-refractivity contribution < 1.29 is 27.5 Å². The number of benzene rings is 1. The average molecular weight is 385 g/mol. The first-order chi connectivity index (χ1) is 12.3. The van der Waals surface area contributed by atoms with E-state index in [2.05, 4.69) is 14.8 Å². The first-order valence-corrected chi connectivity index (χ1v) is 9.62. The Balaban J connectivity index is 2.03. The number of methoxy groups -OCH3 is 1. The summed E-state index contributed by atoms with van der Waals surface area (Å²) < 4.78 is 36.2. The van der Waals surface area contributed by atoms with E-state index in [0.717, 1.165) is 7.11 Å². The SMILES string of the molecule is COC(=O)CNS(=O)(=O)c1cccc(NC(=O)C(N)C2CCOCC2)c1. The van der Waals surface area contributed by atoms with Crippen molar-refractivity contribution in [3.63, 3.8) is 0 Å². The number of hydrogen-bond donors (Lipinski definition) is 3. The molecule has 0 bridgehead atoms. The van der Waals surface area contributed by atoms with Gasteiger partial charge in [-0.2, -0.15) is 4.72 Å². The molecule has 1 aliphatic rings. The van der Waals surface area contributed by atoms with Crippen LogP contribution in [-0.2, 0) is 29.1 Å². The summed E-state index contributed by atoms with van der Waals surface area (Å²) in [7, 11) is -2.75. The minimum atomic E-state index is -3.91. The number of amides is 1. The molecular weight excluding hydrogens is 362 g/mol. The highest BCUT2D eigenvalue weighted by Crippen LogP contribution is 2.20. The van der Waals surface area contributed by atoms with Gasteiger partial charge in [0.1, 0.15) is 6.54 Å².